The number of hydrogen-bond acceptors (Lipinski definition) is 14. The molecule has 47 heavy (non-hydrogen) atoms. The number of amides is 6. The van der Waals surface area contributed by atoms with Crippen LogP contribution in [-0.4, -0.2) is 125 Å². The van der Waals surface area contributed by atoms with Gasteiger partial charge in [-0.1, -0.05) is 23.9 Å². The molecule has 3 N–H and O–H groups in total. The number of imide groups is 1. The van der Waals surface area contributed by atoms with Crippen molar-refractivity contribution in [2.75, 3.05) is 38.2 Å². The van der Waals surface area contributed by atoms with Gasteiger partial charge in [0.25, 0.3) is 11.6 Å². The topological polar surface area (TPSA) is 232 Å². The predicted molar refractivity (Wildman–Crippen MR) is 156 cm³/mol. The average molecular weight is 698 g/mol. The normalized spacial score (nSPS) is 21.5. The molecule has 2 aromatic rings. The number of phenolic OH excluding ortho intramolecular Hbond substituents is 1. The Morgan fingerprint density at radius 1 is 1.19 bits per heavy atom. The Hall–Kier alpha value is -3.69. The molecule has 0 unspecified atom stereocenters. The summed E-state index contributed by atoms with van der Waals surface area (Å²) in [7, 11) is 2.78. The van der Waals surface area contributed by atoms with Gasteiger partial charge >= 0.3 is 47.4 Å². The number of hydrogen-bond donors (Lipinski definition) is 3. The van der Waals surface area contributed by atoms with E-state index in [9.17, 15) is 39.0 Å². The van der Waals surface area contributed by atoms with E-state index in [4.69, 9.17) is 4.74 Å². The number of carbonyl (C=O) groups excluding carboxylic acids is 6. The van der Waals surface area contributed by atoms with Crippen molar-refractivity contribution in [1.82, 2.24) is 45.5 Å². The first-order chi connectivity index (χ1) is 21.9. The third kappa shape index (κ3) is 6.70. The van der Waals surface area contributed by atoms with E-state index in [2.05, 4.69) is 26.2 Å². The smallest absolute Gasteiger partial charge is 0.543 e. The van der Waals surface area contributed by atoms with Gasteiger partial charge in [-0.05, 0) is 40.6 Å². The van der Waals surface area contributed by atoms with E-state index in [0.717, 1.165) is 35.5 Å². The number of aliphatic carboxylic acids is 1. The van der Waals surface area contributed by atoms with E-state index in [1.807, 2.05) is 0 Å². The Morgan fingerprint density at radius 3 is 2.49 bits per heavy atom. The fourth-order valence-electron chi connectivity index (χ4n) is 5.13. The standard InChI is InChI=1S/C26H29N9O9S2.Na/c1-4-33-9-10-34(20(39)19(33)38)24(43)27-16(13-5-7-15(36)8-6-13)18(37)28-26(44-3)22(42)35-17(21(40)41)14(11-45-23(26)35)12-46-25-29-30-31-32(25)2;/h5-8,16,23,36H,4,9-12H2,1-3H3,(H,27,43)(H,28,37)(H,40,41);/q;+1/p-1/t16-,23-,26-;/m0./s1. The number of rotatable bonds is 10. The fraction of sp³-hybridized carbons (Fsp3) is 0.423. The van der Waals surface area contributed by atoms with Crippen molar-refractivity contribution < 1.29 is 73.3 Å². The van der Waals surface area contributed by atoms with E-state index in [0.29, 0.717) is 15.6 Å². The second-order valence-corrected chi connectivity index (χ2v) is 12.2. The maximum atomic E-state index is 13.8. The predicted octanol–water partition coefficient (Wildman–Crippen LogP) is -5.47. The molecule has 244 valence electrons. The fourth-order valence-corrected chi connectivity index (χ4v) is 7.56. The number of methoxy groups -OCH3 is 1. The number of nitrogens with zero attached hydrogens (tertiary/aromatic N) is 7. The SMILES string of the molecule is CCN1CCN(C(=O)N[C@H](C(=O)N[C@]2(OC)C(=O)N3C(C(=O)[O-])=C(CSc4nnnn4C)CS[C@H]32)c2ccc(O)cc2)C(=O)C1=O.[Na+]. The number of tetrazole rings is 1. The average Bonchev–Trinajstić information content (AvgIpc) is 3.46. The molecule has 0 aliphatic carbocycles. The number of fused-ring (bicyclic) bond motifs is 1. The van der Waals surface area contributed by atoms with E-state index in [-0.39, 0.29) is 77.7 Å². The minimum absolute atomic E-state index is 0. The summed E-state index contributed by atoms with van der Waals surface area (Å²) in [6, 6.07) is 2.65. The summed E-state index contributed by atoms with van der Waals surface area (Å²) in [5, 5.41) is 37.5. The summed E-state index contributed by atoms with van der Waals surface area (Å²) in [6.45, 7) is 1.95. The molecule has 4 heterocycles. The number of thioether (sulfide) groups is 2. The molecule has 1 aromatic heterocycles. The van der Waals surface area contributed by atoms with Crippen molar-refractivity contribution in [1.29, 1.82) is 0 Å². The quantitative estimate of drug-likeness (QED) is 0.0692. The van der Waals surface area contributed by atoms with E-state index < -0.39 is 52.8 Å². The van der Waals surface area contributed by atoms with Crippen LogP contribution >= 0.6 is 23.5 Å². The number of nitrogens with one attached hydrogen (secondary N) is 2. The van der Waals surface area contributed by atoms with Crippen LogP contribution in [0.5, 0.6) is 5.75 Å². The Balaban J connectivity index is 0.00000500. The maximum absolute atomic E-state index is 13.8. The second-order valence-electron chi connectivity index (χ2n) is 10.2. The molecule has 18 nitrogen and oxygen atoms in total. The van der Waals surface area contributed by atoms with Crippen molar-refractivity contribution in [2.45, 2.75) is 29.2 Å². The van der Waals surface area contributed by atoms with Gasteiger partial charge in [0.1, 0.15) is 17.2 Å². The summed E-state index contributed by atoms with van der Waals surface area (Å²) in [6.07, 6.45) is 0. The number of likely N-dealkylation sites (N-methyl/N-ethyl adjacent to an activating group) is 1. The molecule has 1 aromatic carbocycles. The Bertz CT molecular complexity index is 1640. The van der Waals surface area contributed by atoms with Gasteiger partial charge in [-0.3, -0.25) is 29.0 Å². The van der Waals surface area contributed by atoms with Gasteiger partial charge in [0, 0.05) is 45.3 Å². The summed E-state index contributed by atoms with van der Waals surface area (Å²) in [5.41, 5.74) is -1.87. The van der Waals surface area contributed by atoms with Gasteiger partial charge in [0.05, 0.1) is 11.7 Å². The molecule has 2 saturated heterocycles. The van der Waals surface area contributed by atoms with Crippen molar-refractivity contribution >= 4 is 59.2 Å². The summed E-state index contributed by atoms with van der Waals surface area (Å²) < 4.78 is 6.93. The summed E-state index contributed by atoms with van der Waals surface area (Å²) in [5.74, 6) is -5.24. The van der Waals surface area contributed by atoms with Crippen LogP contribution in [0.15, 0.2) is 40.7 Å². The summed E-state index contributed by atoms with van der Waals surface area (Å²) >= 11 is 2.30. The van der Waals surface area contributed by atoms with Crippen molar-refractivity contribution in [2.24, 2.45) is 7.05 Å². The van der Waals surface area contributed by atoms with Crippen LogP contribution < -0.4 is 45.3 Å². The molecule has 5 rings (SSSR count). The zero-order valence-corrected chi connectivity index (χ0v) is 29.3. The zero-order valence-electron chi connectivity index (χ0n) is 25.7. The minimum Gasteiger partial charge on any atom is -0.543 e. The van der Waals surface area contributed by atoms with Gasteiger partial charge in [0.15, 0.2) is 0 Å². The number of ether oxygens (including phenoxy) is 1. The molecule has 6 amide bonds. The number of aromatic hydroxyl groups is 1. The molecule has 0 bridgehead atoms. The number of carboxylic acids is 1. The second kappa shape index (κ2) is 14.6. The van der Waals surface area contributed by atoms with Gasteiger partial charge in [0.2, 0.25) is 11.1 Å². The van der Waals surface area contributed by atoms with Crippen LogP contribution in [0.25, 0.3) is 0 Å². The number of aryl methyl sites for hydroxylation is 1. The largest absolute Gasteiger partial charge is 1.00 e. The van der Waals surface area contributed by atoms with Gasteiger partial charge in [-0.2, -0.15) is 0 Å². The minimum atomic E-state index is -2.03. The van der Waals surface area contributed by atoms with Crippen molar-refractivity contribution in [3.8, 4) is 5.75 Å². The monoisotopic (exact) mass is 697 g/mol. The molecule has 0 radical (unpaired) electrons. The maximum Gasteiger partial charge on any atom is 1.00 e. The Morgan fingerprint density at radius 2 is 1.89 bits per heavy atom. The molecule has 0 saturated carbocycles. The number of urea groups is 1. The third-order valence-corrected chi connectivity index (χ3v) is 10.1. The first-order valence-electron chi connectivity index (χ1n) is 13.7. The Kier molecular flexibility index (Phi) is 11.2. The molecule has 21 heteroatoms. The zero-order chi connectivity index (χ0) is 33.3. The van der Waals surface area contributed by atoms with Crippen molar-refractivity contribution in [3.05, 3.63) is 41.1 Å². The number of carboxylic acid groups (broad SMARTS) is 1. The number of carbonyl (C=O) groups is 6. The summed E-state index contributed by atoms with van der Waals surface area (Å²) in [4.78, 5) is 80.9. The molecule has 3 aliphatic rings. The number of β-lactam (4-membered cyclic amide) rings is 1. The van der Waals surface area contributed by atoms with E-state index in [1.54, 1.807) is 14.0 Å². The van der Waals surface area contributed by atoms with Crippen LogP contribution in [0.2, 0.25) is 0 Å². The molecule has 0 spiro atoms. The van der Waals surface area contributed by atoms with Crippen molar-refractivity contribution in [3.63, 3.8) is 0 Å². The first-order valence-corrected chi connectivity index (χ1v) is 15.8. The van der Waals surface area contributed by atoms with Crippen LogP contribution in [0.3, 0.4) is 0 Å². The Labute approximate surface area is 297 Å². The number of piperazine rings is 1. The molecular weight excluding hydrogens is 669 g/mol. The molecular formula is C26H28N9NaO9S2. The third-order valence-electron chi connectivity index (χ3n) is 7.58. The molecule has 3 aliphatic heterocycles. The van der Waals surface area contributed by atoms with Gasteiger partial charge in [-0.15, -0.1) is 16.9 Å². The first kappa shape index (κ1) is 36.2. The number of aromatic nitrogens is 4. The van der Waals surface area contributed by atoms with Crippen LogP contribution in [-0.2, 0) is 35.8 Å². The van der Waals surface area contributed by atoms with Crippen LogP contribution in [0.1, 0.15) is 18.5 Å². The van der Waals surface area contributed by atoms with Gasteiger partial charge in [-0.25, -0.2) is 9.48 Å². The van der Waals surface area contributed by atoms with Crippen LogP contribution in [0.4, 0.5) is 4.79 Å². The number of benzene rings is 1. The van der Waals surface area contributed by atoms with E-state index in [1.165, 1.54) is 33.8 Å². The molecule has 2 fully saturated rings. The molecule has 3 atom stereocenters. The van der Waals surface area contributed by atoms with Gasteiger partial charge < -0.3 is 35.3 Å². The van der Waals surface area contributed by atoms with E-state index >= 15 is 0 Å². The number of phenols is 1. The van der Waals surface area contributed by atoms with Crippen LogP contribution in [0, 0.1) is 0 Å².